The van der Waals surface area contributed by atoms with Crippen molar-refractivity contribution >= 4 is 22.8 Å². The zero-order valence-electron chi connectivity index (χ0n) is 14.1. The van der Waals surface area contributed by atoms with Crippen LogP contribution in [0.1, 0.15) is 12.0 Å². The van der Waals surface area contributed by atoms with Crippen LogP contribution in [0.2, 0.25) is 0 Å². The van der Waals surface area contributed by atoms with E-state index in [1.165, 1.54) is 22.5 Å². The molecule has 4 N–H and O–H groups in total. The van der Waals surface area contributed by atoms with Gasteiger partial charge >= 0.3 is 0 Å². The third-order valence-electron chi connectivity index (χ3n) is 4.64. The molecule has 0 unspecified atom stereocenters. The number of aryl methyl sites for hydroxylation is 1. The molecular formula is C18H18N8. The number of hydrogen-bond acceptors (Lipinski definition) is 6. The second-order valence-corrected chi connectivity index (χ2v) is 6.35. The van der Waals surface area contributed by atoms with Crippen molar-refractivity contribution < 1.29 is 0 Å². The van der Waals surface area contributed by atoms with Gasteiger partial charge in [0.05, 0.1) is 24.3 Å². The van der Waals surface area contributed by atoms with Gasteiger partial charge in [-0.2, -0.15) is 9.89 Å². The standard InChI is InChI=1S/C18H18N8/c19-26-11-13(9-23-26)16-10-22-18-17(21-6-7-25(16)18)24-14-4-3-12-2-1-5-20-15(12)8-14/h3-4,6-11,20H,1-2,5,19H2,(H,21,24). The van der Waals surface area contributed by atoms with Crippen LogP contribution in [0, 0.1) is 0 Å². The molecule has 130 valence electrons. The van der Waals surface area contributed by atoms with Gasteiger partial charge in [-0.3, -0.25) is 4.40 Å². The minimum absolute atomic E-state index is 0.703. The lowest BCUT2D eigenvalue weighted by molar-refractivity contribution is 0.830. The minimum Gasteiger partial charge on any atom is -0.385 e. The maximum Gasteiger partial charge on any atom is 0.180 e. The quantitative estimate of drug-likeness (QED) is 0.493. The van der Waals surface area contributed by atoms with Gasteiger partial charge in [0, 0.05) is 35.9 Å². The van der Waals surface area contributed by atoms with E-state index in [-0.39, 0.29) is 0 Å². The molecule has 1 aromatic carbocycles. The first-order valence-electron chi connectivity index (χ1n) is 8.54. The normalized spacial score (nSPS) is 13.4. The number of benzene rings is 1. The van der Waals surface area contributed by atoms with Crippen LogP contribution in [-0.4, -0.2) is 30.8 Å². The first-order valence-corrected chi connectivity index (χ1v) is 8.54. The summed E-state index contributed by atoms with van der Waals surface area (Å²) in [7, 11) is 0. The predicted octanol–water partition coefficient (Wildman–Crippen LogP) is 2.41. The van der Waals surface area contributed by atoms with Gasteiger partial charge < -0.3 is 16.5 Å². The Hall–Kier alpha value is -3.55. The number of nitrogen functional groups attached to an aromatic ring is 1. The topological polar surface area (TPSA) is 98.1 Å². The van der Waals surface area contributed by atoms with Crippen LogP contribution in [0.25, 0.3) is 16.9 Å². The molecule has 0 amide bonds. The highest BCUT2D eigenvalue weighted by molar-refractivity contribution is 5.75. The van der Waals surface area contributed by atoms with Crippen LogP contribution in [0.4, 0.5) is 17.2 Å². The monoisotopic (exact) mass is 346 g/mol. The average Bonchev–Trinajstić information content (AvgIpc) is 3.28. The first-order chi connectivity index (χ1) is 12.8. The van der Waals surface area contributed by atoms with E-state index in [1.807, 2.05) is 10.6 Å². The van der Waals surface area contributed by atoms with Gasteiger partial charge in [-0.1, -0.05) is 6.07 Å². The summed E-state index contributed by atoms with van der Waals surface area (Å²) in [5.74, 6) is 6.37. The number of nitrogens with two attached hydrogens (primary N) is 1. The molecule has 0 fully saturated rings. The summed E-state index contributed by atoms with van der Waals surface area (Å²) in [6.45, 7) is 1.02. The predicted molar refractivity (Wildman–Crippen MR) is 101 cm³/mol. The van der Waals surface area contributed by atoms with Crippen LogP contribution in [-0.2, 0) is 6.42 Å². The van der Waals surface area contributed by atoms with Crippen LogP contribution in [0.3, 0.4) is 0 Å². The van der Waals surface area contributed by atoms with Crippen molar-refractivity contribution in [2.24, 2.45) is 0 Å². The van der Waals surface area contributed by atoms with Gasteiger partial charge in [-0.15, -0.1) is 0 Å². The fourth-order valence-electron chi connectivity index (χ4n) is 3.37. The molecule has 8 heteroatoms. The van der Waals surface area contributed by atoms with Crippen LogP contribution in [0.15, 0.2) is 49.2 Å². The second kappa shape index (κ2) is 5.76. The van der Waals surface area contributed by atoms with E-state index in [4.69, 9.17) is 5.84 Å². The number of fused-ring (bicyclic) bond motifs is 2. The molecule has 0 radical (unpaired) electrons. The van der Waals surface area contributed by atoms with Crippen LogP contribution >= 0.6 is 0 Å². The van der Waals surface area contributed by atoms with Crippen molar-refractivity contribution in [1.29, 1.82) is 0 Å². The zero-order chi connectivity index (χ0) is 17.5. The lowest BCUT2D eigenvalue weighted by atomic mass is 10.0. The lowest BCUT2D eigenvalue weighted by Gasteiger charge is -2.19. The Balaban J connectivity index is 1.53. The summed E-state index contributed by atoms with van der Waals surface area (Å²) in [6.07, 6.45) is 11.2. The number of aromatic nitrogens is 5. The molecule has 4 heterocycles. The van der Waals surface area contributed by atoms with Crippen molar-refractivity contribution in [3.63, 3.8) is 0 Å². The Bertz CT molecular complexity index is 1090. The highest BCUT2D eigenvalue weighted by Crippen LogP contribution is 2.29. The molecule has 0 aliphatic carbocycles. The first kappa shape index (κ1) is 14.8. The Morgan fingerprint density at radius 2 is 2.15 bits per heavy atom. The van der Waals surface area contributed by atoms with Crippen molar-refractivity contribution in [2.45, 2.75) is 12.8 Å². The summed E-state index contributed by atoms with van der Waals surface area (Å²) < 4.78 is 1.98. The van der Waals surface area contributed by atoms with E-state index in [0.717, 1.165) is 35.6 Å². The van der Waals surface area contributed by atoms with E-state index in [2.05, 4.69) is 43.9 Å². The molecule has 26 heavy (non-hydrogen) atoms. The fraction of sp³-hybridized carbons (Fsp3) is 0.167. The van der Waals surface area contributed by atoms with E-state index < -0.39 is 0 Å². The molecule has 4 aromatic rings. The van der Waals surface area contributed by atoms with Gasteiger partial charge in [-0.25, -0.2) is 9.97 Å². The molecule has 0 atom stereocenters. The number of imidazole rings is 1. The molecule has 5 rings (SSSR count). The zero-order valence-corrected chi connectivity index (χ0v) is 14.1. The third-order valence-corrected chi connectivity index (χ3v) is 4.64. The summed E-state index contributed by atoms with van der Waals surface area (Å²) in [5, 5.41) is 10.9. The largest absolute Gasteiger partial charge is 0.385 e. The molecule has 0 saturated heterocycles. The number of nitrogens with zero attached hydrogens (tertiary/aromatic N) is 5. The Morgan fingerprint density at radius 1 is 1.19 bits per heavy atom. The number of nitrogens with one attached hydrogen (secondary N) is 2. The van der Waals surface area contributed by atoms with E-state index >= 15 is 0 Å². The molecule has 3 aromatic heterocycles. The fourth-order valence-corrected chi connectivity index (χ4v) is 3.37. The van der Waals surface area contributed by atoms with Crippen molar-refractivity contribution in [1.82, 2.24) is 24.3 Å². The van der Waals surface area contributed by atoms with Crippen LogP contribution in [0.5, 0.6) is 0 Å². The van der Waals surface area contributed by atoms with Gasteiger partial charge in [0.25, 0.3) is 0 Å². The summed E-state index contributed by atoms with van der Waals surface area (Å²) in [5.41, 5.74) is 6.09. The Labute approximate surface area is 149 Å². The number of hydrogen-bond donors (Lipinski definition) is 3. The molecular weight excluding hydrogens is 328 g/mol. The van der Waals surface area contributed by atoms with E-state index in [0.29, 0.717) is 5.82 Å². The summed E-state index contributed by atoms with van der Waals surface area (Å²) in [4.78, 5) is 10.3. The number of anilines is 3. The van der Waals surface area contributed by atoms with Gasteiger partial charge in [0.15, 0.2) is 11.5 Å². The Kier molecular flexibility index (Phi) is 3.27. The molecule has 0 bridgehead atoms. The highest BCUT2D eigenvalue weighted by Gasteiger charge is 2.13. The molecule has 1 aliphatic rings. The van der Waals surface area contributed by atoms with Gasteiger partial charge in [0.1, 0.15) is 0 Å². The maximum absolute atomic E-state index is 5.66. The smallest absolute Gasteiger partial charge is 0.180 e. The maximum atomic E-state index is 5.66. The minimum atomic E-state index is 0.703. The van der Waals surface area contributed by atoms with Crippen LogP contribution < -0.4 is 16.5 Å². The van der Waals surface area contributed by atoms with Gasteiger partial charge in [0.2, 0.25) is 0 Å². The summed E-state index contributed by atoms with van der Waals surface area (Å²) >= 11 is 0. The molecule has 8 nitrogen and oxygen atoms in total. The average molecular weight is 346 g/mol. The van der Waals surface area contributed by atoms with Crippen molar-refractivity contribution in [3.8, 4) is 11.3 Å². The highest BCUT2D eigenvalue weighted by atomic mass is 15.5. The second-order valence-electron chi connectivity index (χ2n) is 6.35. The molecule has 0 spiro atoms. The van der Waals surface area contributed by atoms with Crippen molar-refractivity contribution in [3.05, 3.63) is 54.7 Å². The van der Waals surface area contributed by atoms with E-state index in [1.54, 1.807) is 24.8 Å². The summed E-state index contributed by atoms with van der Waals surface area (Å²) in [6, 6.07) is 6.37. The van der Waals surface area contributed by atoms with E-state index in [9.17, 15) is 0 Å². The van der Waals surface area contributed by atoms with Gasteiger partial charge in [-0.05, 0) is 30.5 Å². The third kappa shape index (κ3) is 2.43. The Morgan fingerprint density at radius 3 is 3.04 bits per heavy atom. The SMILES string of the molecule is Nn1cc(-c2cnc3c(Nc4ccc5c(c4)NCCC5)nccn23)cn1. The molecule has 1 aliphatic heterocycles. The number of rotatable bonds is 3. The van der Waals surface area contributed by atoms with Crippen molar-refractivity contribution in [2.75, 3.05) is 23.0 Å². The lowest BCUT2D eigenvalue weighted by Crippen LogP contribution is -2.11. The molecule has 0 saturated carbocycles.